The van der Waals surface area contributed by atoms with E-state index in [9.17, 15) is 9.59 Å². The van der Waals surface area contributed by atoms with E-state index in [0.29, 0.717) is 27.7 Å². The van der Waals surface area contributed by atoms with Crippen molar-refractivity contribution >= 4 is 28.2 Å². The molecular formula is C24H30N6O3S. The van der Waals surface area contributed by atoms with Crippen LogP contribution >= 0.6 is 11.3 Å². The highest BCUT2D eigenvalue weighted by atomic mass is 32.1. The van der Waals surface area contributed by atoms with Crippen molar-refractivity contribution in [2.75, 3.05) is 5.32 Å². The number of aromatic nitrogens is 4. The van der Waals surface area contributed by atoms with Gasteiger partial charge in [0.05, 0.1) is 11.6 Å². The maximum absolute atomic E-state index is 13.0. The van der Waals surface area contributed by atoms with Crippen LogP contribution in [0.15, 0.2) is 24.3 Å². The van der Waals surface area contributed by atoms with E-state index >= 15 is 0 Å². The smallest absolute Gasteiger partial charge is 0.256 e. The van der Waals surface area contributed by atoms with Gasteiger partial charge in [0.25, 0.3) is 11.8 Å². The fraction of sp³-hybridized carbons (Fsp3) is 0.458. The van der Waals surface area contributed by atoms with E-state index < -0.39 is 0 Å². The Morgan fingerprint density at radius 2 is 1.82 bits per heavy atom. The molecule has 2 aromatic heterocycles. The summed E-state index contributed by atoms with van der Waals surface area (Å²) in [6.45, 7) is 8.08. The topological polar surface area (TPSA) is 111 Å². The molecule has 34 heavy (non-hydrogen) atoms. The molecule has 0 bridgehead atoms. The van der Waals surface area contributed by atoms with Gasteiger partial charge in [-0.05, 0) is 93.6 Å². The molecular weight excluding hydrogens is 452 g/mol. The zero-order valence-corrected chi connectivity index (χ0v) is 20.7. The lowest BCUT2D eigenvalue weighted by Crippen LogP contribution is -2.31. The van der Waals surface area contributed by atoms with Crippen molar-refractivity contribution in [2.45, 2.75) is 72.1 Å². The molecule has 9 nitrogen and oxygen atoms in total. The number of nitrogens with zero attached hydrogens (tertiary/aromatic N) is 4. The van der Waals surface area contributed by atoms with Gasteiger partial charge in [0.15, 0.2) is 5.82 Å². The first-order valence-corrected chi connectivity index (χ1v) is 12.4. The zero-order chi connectivity index (χ0) is 24.2. The second-order valence-corrected chi connectivity index (χ2v) is 10.0. The van der Waals surface area contributed by atoms with Gasteiger partial charge in [-0.2, -0.15) is 0 Å². The molecule has 4 rings (SSSR count). The number of aryl methyl sites for hydroxylation is 1. The van der Waals surface area contributed by atoms with E-state index in [2.05, 4.69) is 26.2 Å². The van der Waals surface area contributed by atoms with Crippen LogP contribution in [0, 0.1) is 0 Å². The lowest BCUT2D eigenvalue weighted by atomic mass is 9.95. The molecule has 0 aliphatic heterocycles. The van der Waals surface area contributed by atoms with Gasteiger partial charge >= 0.3 is 0 Å². The summed E-state index contributed by atoms with van der Waals surface area (Å²) in [5, 5.41) is 18.2. The largest absolute Gasteiger partial charge is 0.486 e. The first-order chi connectivity index (χ1) is 16.3. The van der Waals surface area contributed by atoms with Crippen LogP contribution in [-0.2, 0) is 19.4 Å². The quantitative estimate of drug-likeness (QED) is 0.499. The van der Waals surface area contributed by atoms with Crippen molar-refractivity contribution in [1.82, 2.24) is 25.5 Å². The second-order valence-electron chi connectivity index (χ2n) is 8.94. The summed E-state index contributed by atoms with van der Waals surface area (Å²) in [7, 11) is 0. The molecule has 0 fully saturated rings. The summed E-state index contributed by atoms with van der Waals surface area (Å²) in [5.41, 5.74) is 2.18. The molecule has 0 spiro atoms. The number of benzene rings is 1. The Morgan fingerprint density at radius 1 is 1.09 bits per heavy atom. The standard InChI is InChI=1S/C24H30N6O3S/c1-14(2)25-23(32)21-18-7-5-6-8-19(18)34-24(21)26-22(31)16-9-11-17(12-10-16)33-13-20-27-28-29-30(20)15(3)4/h9-12,14-15H,5-8,13H2,1-4H3,(H,25,32)(H,26,31). The van der Waals surface area contributed by atoms with Crippen molar-refractivity contribution in [3.8, 4) is 5.75 Å². The summed E-state index contributed by atoms with van der Waals surface area (Å²) in [4.78, 5) is 27.1. The number of ether oxygens (including phenoxy) is 1. The van der Waals surface area contributed by atoms with Crippen LogP contribution in [0.3, 0.4) is 0 Å². The fourth-order valence-electron chi connectivity index (χ4n) is 3.96. The van der Waals surface area contributed by atoms with Crippen LogP contribution in [-0.4, -0.2) is 38.1 Å². The SMILES string of the molecule is CC(C)NC(=O)c1c(NC(=O)c2ccc(OCc3nnnn3C(C)C)cc2)sc2c1CCCC2. The van der Waals surface area contributed by atoms with Crippen molar-refractivity contribution in [3.63, 3.8) is 0 Å². The van der Waals surface area contributed by atoms with Crippen molar-refractivity contribution < 1.29 is 14.3 Å². The Kier molecular flexibility index (Phi) is 7.26. The second kappa shape index (κ2) is 10.3. The molecule has 2 heterocycles. The third-order valence-electron chi connectivity index (χ3n) is 5.58. The molecule has 0 unspecified atom stereocenters. The summed E-state index contributed by atoms with van der Waals surface area (Å²) >= 11 is 1.52. The Labute approximate surface area is 202 Å². The molecule has 1 aliphatic carbocycles. The number of hydrogen-bond acceptors (Lipinski definition) is 7. The van der Waals surface area contributed by atoms with E-state index in [1.54, 1.807) is 28.9 Å². The average molecular weight is 483 g/mol. The fourth-order valence-corrected chi connectivity index (χ4v) is 5.24. The summed E-state index contributed by atoms with van der Waals surface area (Å²) in [5.74, 6) is 0.855. The Bertz CT molecular complexity index is 1170. The molecule has 0 saturated heterocycles. The van der Waals surface area contributed by atoms with Crippen LogP contribution in [0.2, 0.25) is 0 Å². The Hall–Kier alpha value is -3.27. The van der Waals surface area contributed by atoms with Gasteiger partial charge in [-0.25, -0.2) is 4.68 Å². The van der Waals surface area contributed by atoms with E-state index in [1.807, 2.05) is 27.7 Å². The van der Waals surface area contributed by atoms with Crippen LogP contribution < -0.4 is 15.4 Å². The highest BCUT2D eigenvalue weighted by Gasteiger charge is 2.27. The van der Waals surface area contributed by atoms with Crippen molar-refractivity contribution in [2.24, 2.45) is 0 Å². The molecule has 2 N–H and O–H groups in total. The summed E-state index contributed by atoms with van der Waals surface area (Å²) in [6.07, 6.45) is 3.99. The Morgan fingerprint density at radius 3 is 2.53 bits per heavy atom. The van der Waals surface area contributed by atoms with Gasteiger partial charge < -0.3 is 15.4 Å². The molecule has 0 atom stereocenters. The molecule has 2 amide bonds. The number of anilines is 1. The summed E-state index contributed by atoms with van der Waals surface area (Å²) < 4.78 is 7.49. The minimum Gasteiger partial charge on any atom is -0.486 e. The molecule has 1 aliphatic rings. The lowest BCUT2D eigenvalue weighted by molar-refractivity contribution is 0.0943. The number of carbonyl (C=O) groups is 2. The number of carbonyl (C=O) groups excluding carboxylic acids is 2. The Balaban J connectivity index is 1.46. The number of fused-ring (bicyclic) bond motifs is 1. The van der Waals surface area contributed by atoms with Crippen LogP contribution in [0.4, 0.5) is 5.00 Å². The van der Waals surface area contributed by atoms with E-state index in [1.165, 1.54) is 16.2 Å². The highest BCUT2D eigenvalue weighted by molar-refractivity contribution is 7.17. The maximum atomic E-state index is 13.0. The van der Waals surface area contributed by atoms with Gasteiger partial charge in [0, 0.05) is 16.5 Å². The summed E-state index contributed by atoms with van der Waals surface area (Å²) in [6, 6.07) is 7.05. The monoisotopic (exact) mass is 482 g/mol. The predicted molar refractivity (Wildman–Crippen MR) is 130 cm³/mol. The normalized spacial score (nSPS) is 13.1. The van der Waals surface area contributed by atoms with E-state index in [0.717, 1.165) is 31.2 Å². The van der Waals surface area contributed by atoms with Crippen LogP contribution in [0.1, 0.15) is 83.6 Å². The van der Waals surface area contributed by atoms with Gasteiger partial charge in [-0.15, -0.1) is 16.4 Å². The first-order valence-electron chi connectivity index (χ1n) is 11.6. The molecule has 0 saturated carbocycles. The predicted octanol–water partition coefficient (Wildman–Crippen LogP) is 4.16. The number of rotatable bonds is 8. The third-order valence-corrected chi connectivity index (χ3v) is 6.79. The van der Waals surface area contributed by atoms with Gasteiger partial charge in [0.2, 0.25) is 0 Å². The zero-order valence-electron chi connectivity index (χ0n) is 19.9. The third kappa shape index (κ3) is 5.27. The maximum Gasteiger partial charge on any atom is 0.256 e. The van der Waals surface area contributed by atoms with E-state index in [-0.39, 0.29) is 30.5 Å². The minimum absolute atomic E-state index is 0.0212. The van der Waals surface area contributed by atoms with Crippen molar-refractivity contribution in [3.05, 3.63) is 51.7 Å². The van der Waals surface area contributed by atoms with Crippen molar-refractivity contribution in [1.29, 1.82) is 0 Å². The molecule has 1 aromatic carbocycles. The van der Waals surface area contributed by atoms with Gasteiger partial charge in [-0.1, -0.05) is 0 Å². The minimum atomic E-state index is -0.257. The molecule has 3 aromatic rings. The van der Waals surface area contributed by atoms with E-state index in [4.69, 9.17) is 4.74 Å². The number of tetrazole rings is 1. The molecule has 10 heteroatoms. The molecule has 0 radical (unpaired) electrons. The number of thiophene rings is 1. The highest BCUT2D eigenvalue weighted by Crippen LogP contribution is 2.38. The van der Waals surface area contributed by atoms with Gasteiger partial charge in [0.1, 0.15) is 17.4 Å². The number of hydrogen-bond donors (Lipinski definition) is 2. The van der Waals surface area contributed by atoms with Gasteiger partial charge in [-0.3, -0.25) is 9.59 Å². The number of amides is 2. The lowest BCUT2D eigenvalue weighted by Gasteiger charge is -2.14. The average Bonchev–Trinajstić information content (AvgIpc) is 3.42. The first kappa shape index (κ1) is 23.9. The van der Waals surface area contributed by atoms with Crippen LogP contribution in [0.5, 0.6) is 5.75 Å². The number of nitrogens with one attached hydrogen (secondary N) is 2. The van der Waals surface area contributed by atoms with Crippen LogP contribution in [0.25, 0.3) is 0 Å². The molecule has 180 valence electrons.